The van der Waals surface area contributed by atoms with Crippen LogP contribution < -0.4 is 26.2 Å². The molecule has 1 aromatic heterocycles. The molecular weight excluding hydrogens is 655 g/mol. The van der Waals surface area contributed by atoms with Crippen LogP contribution in [0.2, 0.25) is 0 Å². The quantitative estimate of drug-likeness (QED) is 0.173. The number of benzene rings is 9. The summed E-state index contributed by atoms with van der Waals surface area (Å²) in [7, 11) is 0. The molecule has 2 aliphatic rings. The van der Waals surface area contributed by atoms with Gasteiger partial charge in [-0.1, -0.05) is 127 Å². The maximum atomic E-state index is 6.45. The molecule has 250 valence electrons. The summed E-state index contributed by atoms with van der Waals surface area (Å²) in [4.78, 5) is 5.01. The molecule has 0 saturated carbocycles. The third-order valence-electron chi connectivity index (χ3n) is 11.5. The van der Waals surface area contributed by atoms with Crippen LogP contribution in [0.1, 0.15) is 0 Å². The first-order valence-electron chi connectivity index (χ1n) is 18.6. The fourth-order valence-corrected chi connectivity index (χ4v) is 9.25. The number of rotatable bonds is 3. The Bertz CT molecular complexity index is 2980. The predicted octanol–water partition coefficient (Wildman–Crippen LogP) is 11.6. The van der Waals surface area contributed by atoms with Crippen LogP contribution in [0.15, 0.2) is 192 Å². The number of para-hydroxylation sites is 3. The normalized spacial score (nSPS) is 13.1. The highest BCUT2D eigenvalue weighted by Gasteiger charge is 2.44. The number of anilines is 6. The van der Waals surface area contributed by atoms with Gasteiger partial charge in [-0.2, -0.15) is 0 Å². The summed E-state index contributed by atoms with van der Waals surface area (Å²) in [6.07, 6.45) is 0. The van der Waals surface area contributed by atoms with Gasteiger partial charge in [0.1, 0.15) is 11.2 Å². The summed E-state index contributed by atoms with van der Waals surface area (Å²) >= 11 is 0. The zero-order valence-electron chi connectivity index (χ0n) is 29.3. The Labute approximate surface area is 313 Å². The van der Waals surface area contributed by atoms with Gasteiger partial charge in [0, 0.05) is 44.9 Å². The van der Waals surface area contributed by atoms with Crippen molar-refractivity contribution < 1.29 is 4.42 Å². The minimum atomic E-state index is 0.00809. The Hall–Kier alpha value is -7.04. The summed E-state index contributed by atoms with van der Waals surface area (Å²) in [5.74, 6) is 0. The van der Waals surface area contributed by atoms with Crippen molar-refractivity contribution in [3.63, 3.8) is 0 Å². The zero-order chi connectivity index (χ0) is 35.3. The molecule has 0 aliphatic carbocycles. The summed E-state index contributed by atoms with van der Waals surface area (Å²) < 4.78 is 6.45. The lowest BCUT2D eigenvalue weighted by Crippen LogP contribution is -2.61. The van der Waals surface area contributed by atoms with Crippen LogP contribution in [-0.2, 0) is 0 Å². The number of fused-ring (bicyclic) bond motifs is 9. The second-order valence-electron chi connectivity index (χ2n) is 14.5. The van der Waals surface area contributed by atoms with Crippen molar-refractivity contribution in [3.8, 4) is 11.1 Å². The Morgan fingerprint density at radius 3 is 1.44 bits per heavy atom. The van der Waals surface area contributed by atoms with Crippen LogP contribution in [-0.4, -0.2) is 6.71 Å². The van der Waals surface area contributed by atoms with Gasteiger partial charge >= 0.3 is 0 Å². The molecule has 0 radical (unpaired) electrons. The highest BCUT2D eigenvalue weighted by molar-refractivity contribution is 7.00. The Balaban J connectivity index is 1.26. The second-order valence-corrected chi connectivity index (χ2v) is 14.5. The second kappa shape index (κ2) is 11.2. The van der Waals surface area contributed by atoms with Crippen LogP contribution in [0.3, 0.4) is 0 Å². The van der Waals surface area contributed by atoms with E-state index in [2.05, 4.69) is 192 Å². The first-order valence-corrected chi connectivity index (χ1v) is 18.6. The molecule has 0 fully saturated rings. The summed E-state index contributed by atoms with van der Waals surface area (Å²) in [6, 6.07) is 68.7. The van der Waals surface area contributed by atoms with Gasteiger partial charge in [0.05, 0.1) is 0 Å². The predicted molar refractivity (Wildman–Crippen MR) is 228 cm³/mol. The van der Waals surface area contributed by atoms with Gasteiger partial charge in [0.15, 0.2) is 0 Å². The number of hydrogen-bond acceptors (Lipinski definition) is 3. The third-order valence-corrected chi connectivity index (χ3v) is 11.5. The largest absolute Gasteiger partial charge is 0.456 e. The minimum Gasteiger partial charge on any atom is -0.456 e. The van der Waals surface area contributed by atoms with E-state index in [0.717, 1.165) is 44.4 Å². The molecule has 0 bridgehead atoms. The van der Waals surface area contributed by atoms with Crippen molar-refractivity contribution in [1.29, 1.82) is 0 Å². The Morgan fingerprint density at radius 1 is 0.389 bits per heavy atom. The average Bonchev–Trinajstić information content (AvgIpc) is 3.62. The topological polar surface area (TPSA) is 19.6 Å². The highest BCUT2D eigenvalue weighted by Crippen LogP contribution is 2.48. The van der Waals surface area contributed by atoms with E-state index in [1.165, 1.54) is 60.7 Å². The van der Waals surface area contributed by atoms with Crippen LogP contribution in [0.4, 0.5) is 34.1 Å². The molecule has 12 rings (SSSR count). The van der Waals surface area contributed by atoms with E-state index in [1.54, 1.807) is 0 Å². The van der Waals surface area contributed by atoms with Crippen molar-refractivity contribution >= 4 is 101 Å². The number of hydrogen-bond donors (Lipinski definition) is 0. The van der Waals surface area contributed by atoms with E-state index < -0.39 is 0 Å². The third kappa shape index (κ3) is 4.19. The van der Waals surface area contributed by atoms with Crippen molar-refractivity contribution in [2.45, 2.75) is 0 Å². The van der Waals surface area contributed by atoms with Gasteiger partial charge < -0.3 is 14.2 Å². The molecule has 9 aromatic carbocycles. The van der Waals surface area contributed by atoms with E-state index >= 15 is 0 Å². The van der Waals surface area contributed by atoms with E-state index in [1.807, 2.05) is 6.07 Å². The summed E-state index contributed by atoms with van der Waals surface area (Å²) in [5, 5.41) is 7.22. The van der Waals surface area contributed by atoms with Gasteiger partial charge in [-0.25, -0.2) is 0 Å². The van der Waals surface area contributed by atoms with Gasteiger partial charge in [0.2, 0.25) is 0 Å². The van der Waals surface area contributed by atoms with E-state index in [0.29, 0.717) is 0 Å². The minimum absolute atomic E-state index is 0.00809. The Kier molecular flexibility index (Phi) is 6.14. The first-order chi connectivity index (χ1) is 26.8. The molecule has 0 atom stereocenters. The molecule has 3 heterocycles. The number of furan rings is 1. The van der Waals surface area contributed by atoms with Crippen LogP contribution in [0.5, 0.6) is 0 Å². The molecule has 4 heteroatoms. The van der Waals surface area contributed by atoms with E-state index in [4.69, 9.17) is 4.42 Å². The smallest absolute Gasteiger partial charge is 0.252 e. The molecule has 0 spiro atoms. The van der Waals surface area contributed by atoms with E-state index in [-0.39, 0.29) is 6.71 Å². The van der Waals surface area contributed by atoms with Crippen LogP contribution in [0, 0.1) is 0 Å². The zero-order valence-corrected chi connectivity index (χ0v) is 29.3. The molecular formula is C50H31BN2O. The molecule has 2 aliphatic heterocycles. The lowest BCUT2D eigenvalue weighted by Gasteiger charge is -2.44. The SMILES string of the molecule is c1ccc(N2c3cc4ccccc4cc3B3c4cc5ccccc5cc4N(c4ccccc4)c4cc(-c5cccc6oc7ccccc7c56)cc2c43)cc1. The molecule has 54 heavy (non-hydrogen) atoms. The number of nitrogens with zero attached hydrogens (tertiary/aromatic N) is 2. The molecule has 0 saturated heterocycles. The Morgan fingerprint density at radius 2 is 0.870 bits per heavy atom. The fourth-order valence-electron chi connectivity index (χ4n) is 9.25. The van der Waals surface area contributed by atoms with Gasteiger partial charge in [-0.05, 0) is 110 Å². The summed E-state index contributed by atoms with van der Waals surface area (Å²) in [5.41, 5.74) is 15.1. The monoisotopic (exact) mass is 686 g/mol. The molecule has 10 aromatic rings. The lowest BCUT2D eigenvalue weighted by molar-refractivity contribution is 0.669. The highest BCUT2D eigenvalue weighted by atomic mass is 16.3. The fraction of sp³-hybridized carbons (Fsp3) is 0. The van der Waals surface area contributed by atoms with E-state index in [9.17, 15) is 0 Å². The lowest BCUT2D eigenvalue weighted by atomic mass is 9.33. The van der Waals surface area contributed by atoms with Crippen LogP contribution in [0.25, 0.3) is 54.6 Å². The standard InChI is InChI=1S/C50H31BN2O/c1-3-18-37(19-4-1)52-43-28-34-16-9-7-14-32(34)26-41(43)51-42-27-33-15-8-10-17-35(33)29-44(42)53(38-20-5-2-6-21-38)46-31-36(30-45(52)50(46)51)39-23-13-25-48-49(39)40-22-11-12-24-47(40)54-48/h1-31H. The van der Waals surface area contributed by atoms with Gasteiger partial charge in [-0.15, -0.1) is 0 Å². The van der Waals surface area contributed by atoms with Crippen molar-refractivity contribution in [2.75, 3.05) is 9.80 Å². The molecule has 0 N–H and O–H groups in total. The summed E-state index contributed by atoms with van der Waals surface area (Å²) in [6.45, 7) is 0.00809. The molecule has 3 nitrogen and oxygen atoms in total. The maximum Gasteiger partial charge on any atom is 0.252 e. The van der Waals surface area contributed by atoms with Crippen molar-refractivity contribution in [3.05, 3.63) is 188 Å². The molecule has 0 unspecified atom stereocenters. The van der Waals surface area contributed by atoms with Crippen molar-refractivity contribution in [2.24, 2.45) is 0 Å². The van der Waals surface area contributed by atoms with Crippen molar-refractivity contribution in [1.82, 2.24) is 0 Å². The average molecular weight is 687 g/mol. The van der Waals surface area contributed by atoms with Crippen LogP contribution >= 0.6 is 0 Å². The maximum absolute atomic E-state index is 6.45. The van der Waals surface area contributed by atoms with Gasteiger partial charge in [-0.3, -0.25) is 0 Å². The first kappa shape index (κ1) is 29.5. The van der Waals surface area contributed by atoms with Gasteiger partial charge in [0.25, 0.3) is 6.71 Å². The molecule has 0 amide bonds.